The normalized spacial score (nSPS) is 31.5. The van der Waals surface area contributed by atoms with Crippen molar-refractivity contribution in [2.75, 3.05) is 6.61 Å². The molecular weight excluding hydrogens is 372 g/mol. The molecule has 1 aliphatic heterocycles. The van der Waals surface area contributed by atoms with E-state index in [0.717, 1.165) is 50.4 Å². The van der Waals surface area contributed by atoms with Crippen molar-refractivity contribution < 1.29 is 29.0 Å². The van der Waals surface area contributed by atoms with E-state index in [0.29, 0.717) is 12.3 Å². The predicted molar refractivity (Wildman–Crippen MR) is 109 cm³/mol. The van der Waals surface area contributed by atoms with Gasteiger partial charge in [-0.15, -0.1) is 0 Å². The summed E-state index contributed by atoms with van der Waals surface area (Å²) in [5, 5.41) is 8.76. The molecule has 0 spiro atoms. The van der Waals surface area contributed by atoms with Crippen LogP contribution in [0.5, 0.6) is 0 Å². The van der Waals surface area contributed by atoms with Crippen molar-refractivity contribution in [2.24, 2.45) is 11.8 Å². The van der Waals surface area contributed by atoms with Crippen LogP contribution in [0.25, 0.3) is 0 Å². The molecule has 0 aromatic heterocycles. The summed E-state index contributed by atoms with van der Waals surface area (Å²) in [5.41, 5.74) is 1.88. The third kappa shape index (κ3) is 7.42. The highest BCUT2D eigenvalue weighted by Gasteiger charge is 2.44. The summed E-state index contributed by atoms with van der Waals surface area (Å²) in [6.45, 7) is 6.52. The molecule has 2 rings (SSSR count). The molecule has 1 heterocycles. The van der Waals surface area contributed by atoms with Gasteiger partial charge in [0.1, 0.15) is 12.7 Å². The van der Waals surface area contributed by atoms with Gasteiger partial charge in [-0.2, -0.15) is 0 Å². The topological polar surface area (TPSA) is 89.9 Å². The standard InChI is InChI=1S/C23H34O6/c1-16-6-4-7-17(14-24)8-5-9-18(15-28-22(27)13-21(25)26)20-12-19(11-10-16)23(2,3)29-20/h6,8,14,18-20H,4-5,7,9-13,15H2,1-3H3,(H,25,26)/b16-6-,17-8+/t18-,19-,20-/m1/s1. The van der Waals surface area contributed by atoms with E-state index < -0.39 is 18.4 Å². The molecule has 1 saturated heterocycles. The summed E-state index contributed by atoms with van der Waals surface area (Å²) < 4.78 is 11.6. The second kappa shape index (κ2) is 10.7. The first kappa shape index (κ1) is 23.3. The van der Waals surface area contributed by atoms with Crippen LogP contribution in [0, 0.1) is 11.8 Å². The highest BCUT2D eigenvalue weighted by molar-refractivity contribution is 5.90. The Kier molecular flexibility index (Phi) is 8.62. The molecule has 0 saturated carbocycles. The first-order chi connectivity index (χ1) is 13.7. The minimum atomic E-state index is -1.19. The molecule has 1 N–H and O–H groups in total. The van der Waals surface area contributed by atoms with Gasteiger partial charge in [0.05, 0.1) is 18.3 Å². The number of esters is 1. The Hall–Kier alpha value is -1.95. The van der Waals surface area contributed by atoms with E-state index >= 15 is 0 Å². The van der Waals surface area contributed by atoms with Crippen molar-refractivity contribution in [1.29, 1.82) is 0 Å². The van der Waals surface area contributed by atoms with Crippen molar-refractivity contribution in [2.45, 2.75) is 83.8 Å². The van der Waals surface area contributed by atoms with Crippen LogP contribution in [0.1, 0.15) is 72.1 Å². The van der Waals surface area contributed by atoms with Crippen LogP contribution < -0.4 is 0 Å². The van der Waals surface area contributed by atoms with E-state index in [9.17, 15) is 14.4 Å². The highest BCUT2D eigenvalue weighted by atomic mass is 16.5. The Labute approximate surface area is 173 Å². The molecule has 3 atom stereocenters. The van der Waals surface area contributed by atoms with E-state index in [1.807, 2.05) is 6.08 Å². The minimum Gasteiger partial charge on any atom is -0.481 e. The summed E-state index contributed by atoms with van der Waals surface area (Å²) in [4.78, 5) is 33.8. The maximum atomic E-state index is 11.7. The molecule has 2 aliphatic rings. The molecule has 0 unspecified atom stereocenters. The highest BCUT2D eigenvalue weighted by Crippen LogP contribution is 2.42. The smallest absolute Gasteiger partial charge is 0.317 e. The molecule has 0 amide bonds. The van der Waals surface area contributed by atoms with Gasteiger partial charge in [-0.1, -0.05) is 17.7 Å². The maximum absolute atomic E-state index is 11.7. The molecule has 1 aliphatic carbocycles. The summed E-state index contributed by atoms with van der Waals surface area (Å²) in [5.74, 6) is -1.53. The van der Waals surface area contributed by atoms with Crippen LogP contribution in [0.15, 0.2) is 23.3 Å². The Bertz CT molecular complexity index is 660. The number of fused-ring (bicyclic) bond motifs is 2. The number of carboxylic acids is 1. The molecule has 0 radical (unpaired) electrons. The third-order valence-corrected chi connectivity index (χ3v) is 6.14. The Morgan fingerprint density at radius 1 is 1.24 bits per heavy atom. The van der Waals surface area contributed by atoms with E-state index in [2.05, 4.69) is 26.8 Å². The van der Waals surface area contributed by atoms with Crippen molar-refractivity contribution in [3.63, 3.8) is 0 Å². The summed E-state index contributed by atoms with van der Waals surface area (Å²) in [6, 6.07) is 0. The summed E-state index contributed by atoms with van der Waals surface area (Å²) >= 11 is 0. The fraction of sp³-hybridized carbons (Fsp3) is 0.696. The second-order valence-electron chi connectivity index (χ2n) is 8.81. The molecule has 29 heavy (non-hydrogen) atoms. The fourth-order valence-electron chi connectivity index (χ4n) is 4.28. The van der Waals surface area contributed by atoms with Crippen LogP contribution in [0.3, 0.4) is 0 Å². The fourth-order valence-corrected chi connectivity index (χ4v) is 4.28. The number of aldehydes is 1. The SMILES string of the molecule is C/C1=C/CC/C(C=O)=C\CC[C@H](COC(=O)CC(=O)O)[C@H]2C[C@@H](CC1)C(C)(C)O2. The zero-order valence-corrected chi connectivity index (χ0v) is 17.8. The van der Waals surface area contributed by atoms with Crippen molar-refractivity contribution in [3.8, 4) is 0 Å². The van der Waals surface area contributed by atoms with Crippen LogP contribution in [-0.2, 0) is 23.9 Å². The van der Waals surface area contributed by atoms with Gasteiger partial charge in [0, 0.05) is 5.92 Å². The van der Waals surface area contributed by atoms with Gasteiger partial charge in [-0.25, -0.2) is 0 Å². The summed E-state index contributed by atoms with van der Waals surface area (Å²) in [6.07, 6.45) is 10.4. The van der Waals surface area contributed by atoms with Gasteiger partial charge in [-0.05, 0) is 77.2 Å². The van der Waals surface area contributed by atoms with Gasteiger partial charge in [0.2, 0.25) is 0 Å². The predicted octanol–water partition coefficient (Wildman–Crippen LogP) is 4.23. The number of carbonyl (C=O) groups excluding carboxylic acids is 2. The Morgan fingerprint density at radius 3 is 2.69 bits per heavy atom. The zero-order chi connectivity index (χ0) is 21.4. The van der Waals surface area contributed by atoms with Crippen molar-refractivity contribution >= 4 is 18.2 Å². The van der Waals surface area contributed by atoms with Gasteiger partial charge in [-0.3, -0.25) is 14.4 Å². The number of ether oxygens (including phenoxy) is 2. The molecular formula is C23H34O6. The van der Waals surface area contributed by atoms with E-state index in [1.165, 1.54) is 5.57 Å². The van der Waals surface area contributed by atoms with E-state index in [4.69, 9.17) is 14.6 Å². The lowest BCUT2D eigenvalue weighted by molar-refractivity contribution is -0.153. The maximum Gasteiger partial charge on any atom is 0.317 e. The lowest BCUT2D eigenvalue weighted by atomic mass is 9.82. The van der Waals surface area contributed by atoms with Crippen LogP contribution >= 0.6 is 0 Å². The molecule has 6 nitrogen and oxygen atoms in total. The van der Waals surface area contributed by atoms with E-state index in [1.54, 1.807) is 0 Å². The average molecular weight is 407 g/mol. The Balaban J connectivity index is 2.15. The quantitative estimate of drug-likeness (QED) is 0.318. The van der Waals surface area contributed by atoms with Crippen LogP contribution in [0.4, 0.5) is 0 Å². The lowest BCUT2D eigenvalue weighted by Gasteiger charge is -2.28. The minimum absolute atomic E-state index is 0.0271. The number of aliphatic carboxylic acids is 1. The Morgan fingerprint density at radius 2 is 2.00 bits per heavy atom. The number of hydrogen-bond donors (Lipinski definition) is 1. The van der Waals surface area contributed by atoms with Crippen molar-refractivity contribution in [1.82, 2.24) is 0 Å². The van der Waals surface area contributed by atoms with Crippen molar-refractivity contribution in [3.05, 3.63) is 23.3 Å². The number of carbonyl (C=O) groups is 3. The largest absolute Gasteiger partial charge is 0.481 e. The first-order valence-electron chi connectivity index (χ1n) is 10.6. The number of hydrogen-bond acceptors (Lipinski definition) is 5. The van der Waals surface area contributed by atoms with Crippen LogP contribution in [0.2, 0.25) is 0 Å². The first-order valence-corrected chi connectivity index (χ1v) is 10.6. The zero-order valence-electron chi connectivity index (χ0n) is 17.8. The lowest BCUT2D eigenvalue weighted by Crippen LogP contribution is -2.31. The van der Waals surface area contributed by atoms with E-state index in [-0.39, 0.29) is 24.2 Å². The molecule has 2 bridgehead atoms. The van der Waals surface area contributed by atoms with Gasteiger partial charge in [0.25, 0.3) is 0 Å². The average Bonchev–Trinajstić information content (AvgIpc) is 2.94. The van der Waals surface area contributed by atoms with Gasteiger partial charge >= 0.3 is 11.9 Å². The second-order valence-corrected chi connectivity index (χ2v) is 8.81. The molecule has 6 heteroatoms. The molecule has 1 fully saturated rings. The molecule has 162 valence electrons. The number of allylic oxidation sites excluding steroid dienone is 4. The van der Waals surface area contributed by atoms with Crippen LogP contribution in [-0.4, -0.2) is 41.6 Å². The van der Waals surface area contributed by atoms with Gasteiger partial charge in [0.15, 0.2) is 0 Å². The monoisotopic (exact) mass is 406 g/mol. The third-order valence-electron chi connectivity index (χ3n) is 6.14. The summed E-state index contributed by atoms with van der Waals surface area (Å²) in [7, 11) is 0. The number of rotatable bonds is 5. The van der Waals surface area contributed by atoms with Gasteiger partial charge < -0.3 is 14.6 Å². The molecule has 0 aromatic carbocycles. The molecule has 0 aromatic rings. The number of carboxylic acid groups (broad SMARTS) is 1.